The van der Waals surface area contributed by atoms with Gasteiger partial charge in [0.1, 0.15) is 5.52 Å². The van der Waals surface area contributed by atoms with E-state index in [1.165, 1.54) is 20.2 Å². The molecule has 4 nitrogen and oxygen atoms in total. The molecule has 0 radical (unpaired) electrons. The van der Waals surface area contributed by atoms with Crippen LogP contribution in [0.25, 0.3) is 104 Å². The van der Waals surface area contributed by atoms with Gasteiger partial charge in [-0.15, -0.1) is 11.3 Å². The number of aromatic nitrogens is 3. The molecule has 1 aliphatic heterocycles. The topological polar surface area (TPSA) is 50.7 Å². The number of anilines is 1. The van der Waals surface area contributed by atoms with Crippen molar-refractivity contribution in [3.8, 4) is 44.9 Å². The number of fused-ring (bicyclic) bond motifs is 9. The molecule has 274 valence electrons. The van der Waals surface area contributed by atoms with Crippen molar-refractivity contribution in [3.05, 3.63) is 199 Å². The molecule has 59 heavy (non-hydrogen) atoms. The second-order valence-corrected chi connectivity index (χ2v) is 16.1. The van der Waals surface area contributed by atoms with Gasteiger partial charge in [-0.25, -0.2) is 15.0 Å². The predicted octanol–water partition coefficient (Wildman–Crippen LogP) is 14.1. The van der Waals surface area contributed by atoms with E-state index in [1.54, 1.807) is 0 Å². The molecule has 1 atom stereocenters. The van der Waals surface area contributed by atoms with Gasteiger partial charge in [-0.3, -0.25) is 0 Å². The summed E-state index contributed by atoms with van der Waals surface area (Å²) < 4.78 is 2.58. The summed E-state index contributed by atoms with van der Waals surface area (Å²) in [6, 6.07) is 66.6. The molecule has 0 bridgehead atoms. The molecule has 1 unspecified atom stereocenters. The van der Waals surface area contributed by atoms with E-state index in [1.807, 2.05) is 35.6 Å². The highest BCUT2D eigenvalue weighted by molar-refractivity contribution is 7.25. The fraction of sp³-hybridized carbons (Fsp3) is 0.0185. The monoisotopic (exact) mass is 768 g/mol. The van der Waals surface area contributed by atoms with Crippen molar-refractivity contribution in [2.75, 3.05) is 5.32 Å². The molecule has 0 fully saturated rings. The second kappa shape index (κ2) is 13.5. The minimum absolute atomic E-state index is 0.0891. The van der Waals surface area contributed by atoms with E-state index in [0.29, 0.717) is 0 Å². The predicted molar refractivity (Wildman–Crippen MR) is 246 cm³/mol. The van der Waals surface area contributed by atoms with E-state index in [2.05, 4.69) is 175 Å². The lowest BCUT2D eigenvalue weighted by molar-refractivity contribution is 0.981. The van der Waals surface area contributed by atoms with Crippen molar-refractivity contribution in [2.45, 2.75) is 6.04 Å². The summed E-state index contributed by atoms with van der Waals surface area (Å²) in [5, 5.41) is 9.43. The molecule has 0 saturated heterocycles. The minimum Gasteiger partial charge on any atom is -0.372 e. The average Bonchev–Trinajstić information content (AvgIpc) is 3.69. The van der Waals surface area contributed by atoms with Gasteiger partial charge in [-0.05, 0) is 71.3 Å². The summed E-state index contributed by atoms with van der Waals surface area (Å²) >= 11 is 1.84. The van der Waals surface area contributed by atoms with Crippen LogP contribution in [0, 0.1) is 12.1 Å². The van der Waals surface area contributed by atoms with Crippen LogP contribution in [0.3, 0.4) is 0 Å². The Labute approximate surface area is 344 Å². The Balaban J connectivity index is 1.01. The maximum absolute atomic E-state index is 5.48. The number of benzene rings is 6. The van der Waals surface area contributed by atoms with Crippen LogP contribution < -0.4 is 5.32 Å². The first kappa shape index (κ1) is 33.5. The molecule has 0 saturated carbocycles. The Kier molecular flexibility index (Phi) is 7.66. The van der Waals surface area contributed by atoms with Crippen molar-refractivity contribution >= 4 is 76.0 Å². The van der Waals surface area contributed by atoms with Gasteiger partial charge in [-0.2, -0.15) is 0 Å². The molecule has 5 heteroatoms. The number of nitrogens with one attached hydrogen (secondary N) is 1. The van der Waals surface area contributed by atoms with E-state index >= 15 is 0 Å². The largest absolute Gasteiger partial charge is 0.372 e. The van der Waals surface area contributed by atoms with Crippen molar-refractivity contribution in [1.29, 1.82) is 0 Å². The highest BCUT2D eigenvalue weighted by Crippen LogP contribution is 2.41. The first-order chi connectivity index (χ1) is 29.2. The van der Waals surface area contributed by atoms with Gasteiger partial charge in [0.25, 0.3) is 0 Å². The Morgan fingerprint density at radius 1 is 0.475 bits per heavy atom. The lowest BCUT2D eigenvalue weighted by Gasteiger charge is -2.23. The van der Waals surface area contributed by atoms with Gasteiger partial charge < -0.3 is 5.32 Å². The van der Waals surface area contributed by atoms with E-state index in [4.69, 9.17) is 15.0 Å². The van der Waals surface area contributed by atoms with Gasteiger partial charge in [0.15, 0.2) is 0 Å². The van der Waals surface area contributed by atoms with Crippen molar-refractivity contribution in [1.82, 2.24) is 15.0 Å². The fourth-order valence-corrected chi connectivity index (χ4v) is 9.61. The maximum Gasteiger partial charge on any atom is 0.104 e. The number of thiophene rings is 1. The van der Waals surface area contributed by atoms with E-state index < -0.39 is 0 Å². The van der Waals surface area contributed by atoms with Gasteiger partial charge in [0, 0.05) is 47.6 Å². The second-order valence-electron chi connectivity index (χ2n) is 15.1. The lowest BCUT2D eigenvalue weighted by atomic mass is 9.94. The van der Waals surface area contributed by atoms with E-state index in [-0.39, 0.29) is 6.04 Å². The molecule has 0 aliphatic carbocycles. The Hall–Kier alpha value is -7.65. The van der Waals surface area contributed by atoms with Crippen LogP contribution in [0.2, 0.25) is 0 Å². The minimum atomic E-state index is -0.0891. The third kappa shape index (κ3) is 5.73. The number of hydrogen-bond donors (Lipinski definition) is 1. The molecular formula is C54H32N4S. The summed E-state index contributed by atoms with van der Waals surface area (Å²) in [4.78, 5) is 15.9. The SMILES string of the molecule is c1c2c(c3nc(-c4ccccc4)ccc3c#1)NC(c1cccc(-c3cc(-c4ccc5sc6ccccc6c5c4)c4ccc5ccc(-c6ccccc6)nc5c4n3)c1)C=C2. The third-order valence-electron chi connectivity index (χ3n) is 11.5. The number of hydrogen-bond acceptors (Lipinski definition) is 5. The summed E-state index contributed by atoms with van der Waals surface area (Å²) in [6.07, 6.45) is 4.33. The highest BCUT2D eigenvalue weighted by atomic mass is 32.1. The standard InChI is InChI=1S/C54H32N4S/c1-3-10-33(11-4-1)45-26-21-35-18-19-36-23-28-47(57-52(36)51(35)55-45)39-14-9-15-40(30-39)48-32-43(38-24-29-50-44(31-38)41-16-7-8-17-49(41)59-50)42-25-20-37-22-27-46(34-12-5-2-6-13-34)56-53(37)54(42)58-48/h1-17,20-32,47,57H. The molecule has 7 aromatic carbocycles. The molecule has 0 amide bonds. The zero-order chi connectivity index (χ0) is 38.9. The van der Waals surface area contributed by atoms with Gasteiger partial charge in [0.2, 0.25) is 0 Å². The Morgan fingerprint density at radius 2 is 1.19 bits per heavy atom. The highest BCUT2D eigenvalue weighted by Gasteiger charge is 2.20. The maximum atomic E-state index is 5.48. The van der Waals surface area contributed by atoms with Gasteiger partial charge in [-0.1, -0.05) is 140 Å². The summed E-state index contributed by atoms with van der Waals surface area (Å²) in [5.41, 5.74) is 13.9. The zero-order valence-electron chi connectivity index (χ0n) is 31.6. The van der Waals surface area contributed by atoms with Crippen LogP contribution >= 0.6 is 11.3 Å². The van der Waals surface area contributed by atoms with Crippen LogP contribution in [0.5, 0.6) is 0 Å². The summed E-state index contributed by atoms with van der Waals surface area (Å²) in [6.45, 7) is 0. The van der Waals surface area contributed by atoms with Crippen LogP contribution in [0.1, 0.15) is 17.2 Å². The van der Waals surface area contributed by atoms with Crippen LogP contribution in [-0.4, -0.2) is 15.0 Å². The molecule has 0 spiro atoms. The van der Waals surface area contributed by atoms with Crippen molar-refractivity contribution in [2.24, 2.45) is 0 Å². The van der Waals surface area contributed by atoms with Crippen molar-refractivity contribution < 1.29 is 0 Å². The summed E-state index contributed by atoms with van der Waals surface area (Å²) in [7, 11) is 0. The van der Waals surface area contributed by atoms with E-state index in [0.717, 1.165) is 94.4 Å². The van der Waals surface area contributed by atoms with Crippen LogP contribution in [0.15, 0.2) is 176 Å². The Bertz CT molecular complexity index is 3480. The Morgan fingerprint density at radius 3 is 2.03 bits per heavy atom. The number of rotatable bonds is 5. The fourth-order valence-electron chi connectivity index (χ4n) is 8.52. The molecule has 4 aromatic heterocycles. The third-order valence-corrected chi connectivity index (χ3v) is 12.6. The first-order valence-electron chi connectivity index (χ1n) is 19.8. The average molecular weight is 769 g/mol. The zero-order valence-corrected chi connectivity index (χ0v) is 32.5. The summed E-state index contributed by atoms with van der Waals surface area (Å²) in [5.74, 6) is 0. The first-order valence-corrected chi connectivity index (χ1v) is 20.6. The molecule has 5 heterocycles. The lowest BCUT2D eigenvalue weighted by Crippen LogP contribution is -2.13. The quantitative estimate of drug-likeness (QED) is 0.177. The number of nitrogens with zero attached hydrogens (tertiary/aromatic N) is 3. The van der Waals surface area contributed by atoms with Gasteiger partial charge in [0.05, 0.1) is 50.8 Å². The van der Waals surface area contributed by atoms with Crippen LogP contribution in [-0.2, 0) is 0 Å². The molecule has 12 rings (SSSR count). The van der Waals surface area contributed by atoms with Crippen LogP contribution in [0.4, 0.5) is 5.69 Å². The molecule has 11 aromatic rings. The van der Waals surface area contributed by atoms with Gasteiger partial charge >= 0.3 is 0 Å². The van der Waals surface area contributed by atoms with E-state index in [9.17, 15) is 0 Å². The molecule has 1 aliphatic rings. The molecular weight excluding hydrogens is 737 g/mol. The van der Waals surface area contributed by atoms with Crippen molar-refractivity contribution in [3.63, 3.8) is 0 Å². The smallest absolute Gasteiger partial charge is 0.104 e. The number of pyridine rings is 3. The molecule has 1 N–H and O–H groups in total. The normalized spacial score (nSPS) is 13.5.